The van der Waals surface area contributed by atoms with Crippen LogP contribution in [-0.2, 0) is 4.79 Å². The molecule has 128 valence electrons. The number of halogens is 2. The van der Waals surface area contributed by atoms with Gasteiger partial charge in [0, 0.05) is 24.4 Å². The number of benzene rings is 1. The number of nitrogens with one attached hydrogen (secondary N) is 1. The van der Waals surface area contributed by atoms with Crippen LogP contribution in [-0.4, -0.2) is 43.0 Å². The lowest BCUT2D eigenvalue weighted by Gasteiger charge is -2.15. The monoisotopic (exact) mass is 336 g/mol. The molecule has 1 amide bonds. The summed E-state index contributed by atoms with van der Waals surface area (Å²) < 4.78 is 37.7. The largest absolute Gasteiger partial charge is 0.497 e. The van der Waals surface area contributed by atoms with E-state index in [-0.39, 0.29) is 13.0 Å². The molecule has 2 heterocycles. The maximum absolute atomic E-state index is 14.3. The topological polar surface area (TPSA) is 60.5 Å². The predicted octanol–water partition coefficient (Wildman–Crippen LogP) is 2.58. The van der Waals surface area contributed by atoms with Crippen LogP contribution in [0, 0.1) is 0 Å². The molecule has 0 aliphatic carbocycles. The number of rotatable bonds is 6. The van der Waals surface area contributed by atoms with Gasteiger partial charge in [-0.2, -0.15) is 0 Å². The molecule has 24 heavy (non-hydrogen) atoms. The van der Waals surface area contributed by atoms with E-state index in [4.69, 9.17) is 9.47 Å². The second kappa shape index (κ2) is 6.59. The Morgan fingerprint density at radius 1 is 1.42 bits per heavy atom. The van der Waals surface area contributed by atoms with Crippen molar-refractivity contribution in [2.75, 3.05) is 20.4 Å². The Morgan fingerprint density at radius 2 is 2.25 bits per heavy atom. The van der Waals surface area contributed by atoms with Crippen LogP contribution in [0.1, 0.15) is 12.8 Å². The predicted molar refractivity (Wildman–Crippen MR) is 84.8 cm³/mol. The summed E-state index contributed by atoms with van der Waals surface area (Å²) >= 11 is 0. The molecule has 1 aliphatic heterocycles. The van der Waals surface area contributed by atoms with Gasteiger partial charge < -0.3 is 14.8 Å². The number of alkyl halides is 2. The van der Waals surface area contributed by atoms with Gasteiger partial charge in [-0.3, -0.25) is 14.2 Å². The summed E-state index contributed by atoms with van der Waals surface area (Å²) in [5.74, 6) is 0.463. The van der Waals surface area contributed by atoms with Gasteiger partial charge in [-0.15, -0.1) is 0 Å². The highest BCUT2D eigenvalue weighted by Gasteiger charge is 2.47. The number of ether oxygens (including phenoxy) is 2. The zero-order chi connectivity index (χ0) is 17.2. The third kappa shape index (κ3) is 3.11. The molecule has 1 N–H and O–H groups in total. The Hall–Kier alpha value is -2.44. The molecule has 0 spiro atoms. The van der Waals surface area contributed by atoms with E-state index in [1.165, 1.54) is 0 Å². The highest BCUT2D eigenvalue weighted by atomic mass is 19.1. The molecule has 1 aromatic carbocycles. The van der Waals surface area contributed by atoms with Crippen molar-refractivity contribution in [1.29, 1.82) is 0 Å². The van der Waals surface area contributed by atoms with Crippen LogP contribution in [0.5, 0.6) is 11.5 Å². The molecule has 0 unspecified atom stereocenters. The standard InChI is InChI=1S/C17H18F2N2O3/c1-23-12-2-3-14-13(8-12)15(4-7-20-14)24-10-11-9-17(19,5-6-18)16(22)21-11/h2-4,7-8,11H,5-6,9-10H2,1H3,(H,21,22)/t11-,17-/m0/s1. The molecular weight excluding hydrogens is 318 g/mol. The fraction of sp³-hybridized carbons (Fsp3) is 0.412. The molecule has 3 rings (SSSR count). The maximum Gasteiger partial charge on any atom is 0.258 e. The summed E-state index contributed by atoms with van der Waals surface area (Å²) in [6.45, 7) is -0.772. The summed E-state index contributed by atoms with van der Waals surface area (Å²) in [5.41, 5.74) is -1.41. The number of carbonyl (C=O) groups is 1. The minimum atomic E-state index is -2.15. The number of carbonyl (C=O) groups excluding carboxylic acids is 1. The highest BCUT2D eigenvalue weighted by Crippen LogP contribution is 2.31. The number of hydrogen-bond acceptors (Lipinski definition) is 4. The number of hydrogen-bond donors (Lipinski definition) is 1. The van der Waals surface area contributed by atoms with Crippen LogP contribution in [0.4, 0.5) is 8.78 Å². The van der Waals surface area contributed by atoms with Crippen LogP contribution < -0.4 is 14.8 Å². The lowest BCUT2D eigenvalue weighted by atomic mass is 9.98. The highest BCUT2D eigenvalue weighted by molar-refractivity contribution is 5.88. The Bertz CT molecular complexity index is 756. The normalized spacial score (nSPS) is 23.3. The number of pyridine rings is 1. The molecule has 1 saturated heterocycles. The number of amides is 1. The lowest BCUT2D eigenvalue weighted by molar-refractivity contribution is -0.129. The third-order valence-corrected chi connectivity index (χ3v) is 4.15. The molecule has 0 radical (unpaired) electrons. The Kier molecular flexibility index (Phi) is 4.51. The number of fused-ring (bicyclic) bond motifs is 1. The summed E-state index contributed by atoms with van der Waals surface area (Å²) in [6, 6.07) is 6.61. The van der Waals surface area contributed by atoms with Gasteiger partial charge in [0.15, 0.2) is 5.67 Å². The van der Waals surface area contributed by atoms with E-state index in [1.54, 1.807) is 31.5 Å². The zero-order valence-electron chi connectivity index (χ0n) is 13.2. The molecule has 1 fully saturated rings. The molecule has 7 heteroatoms. The molecule has 2 aromatic rings. The first kappa shape index (κ1) is 16.4. The van der Waals surface area contributed by atoms with E-state index >= 15 is 0 Å². The van der Waals surface area contributed by atoms with E-state index < -0.39 is 30.7 Å². The van der Waals surface area contributed by atoms with Gasteiger partial charge in [-0.25, -0.2) is 4.39 Å². The van der Waals surface area contributed by atoms with Crippen LogP contribution in [0.3, 0.4) is 0 Å². The van der Waals surface area contributed by atoms with Crippen LogP contribution >= 0.6 is 0 Å². The second-order valence-corrected chi connectivity index (χ2v) is 5.78. The Morgan fingerprint density at radius 3 is 3.00 bits per heavy atom. The van der Waals surface area contributed by atoms with Gasteiger partial charge in [-0.1, -0.05) is 0 Å². The van der Waals surface area contributed by atoms with Crippen molar-refractivity contribution in [2.24, 2.45) is 0 Å². The van der Waals surface area contributed by atoms with Crippen LogP contribution in [0.15, 0.2) is 30.5 Å². The summed E-state index contributed by atoms with van der Waals surface area (Å²) in [4.78, 5) is 15.9. The number of nitrogens with zero attached hydrogens (tertiary/aromatic N) is 1. The maximum atomic E-state index is 14.3. The minimum absolute atomic E-state index is 0.0951. The number of aromatic nitrogens is 1. The van der Waals surface area contributed by atoms with Gasteiger partial charge in [0.1, 0.15) is 18.1 Å². The van der Waals surface area contributed by atoms with Crippen molar-refractivity contribution in [3.05, 3.63) is 30.5 Å². The van der Waals surface area contributed by atoms with E-state index in [1.807, 2.05) is 6.07 Å². The van der Waals surface area contributed by atoms with Crippen molar-refractivity contribution in [3.8, 4) is 11.5 Å². The first-order chi connectivity index (χ1) is 11.6. The summed E-state index contributed by atoms with van der Waals surface area (Å²) in [6.07, 6.45) is 1.09. The molecular formula is C17H18F2N2O3. The second-order valence-electron chi connectivity index (χ2n) is 5.78. The van der Waals surface area contributed by atoms with Gasteiger partial charge in [0.25, 0.3) is 5.91 Å². The lowest BCUT2D eigenvalue weighted by Crippen LogP contribution is -2.35. The molecule has 0 bridgehead atoms. The van der Waals surface area contributed by atoms with Crippen molar-refractivity contribution in [2.45, 2.75) is 24.6 Å². The Labute approximate surface area is 138 Å². The summed E-state index contributed by atoms with van der Waals surface area (Å²) in [5, 5.41) is 3.28. The van der Waals surface area contributed by atoms with Crippen molar-refractivity contribution >= 4 is 16.8 Å². The SMILES string of the molecule is COc1ccc2nccc(OC[C@@H]3C[C@@](F)(CCF)C(=O)N3)c2c1. The molecule has 1 aliphatic rings. The van der Waals surface area contributed by atoms with Crippen molar-refractivity contribution < 1.29 is 23.0 Å². The van der Waals surface area contributed by atoms with E-state index in [9.17, 15) is 13.6 Å². The third-order valence-electron chi connectivity index (χ3n) is 4.15. The van der Waals surface area contributed by atoms with Gasteiger partial charge >= 0.3 is 0 Å². The Balaban J connectivity index is 1.73. The van der Waals surface area contributed by atoms with Gasteiger partial charge in [0.05, 0.1) is 25.3 Å². The smallest absolute Gasteiger partial charge is 0.258 e. The van der Waals surface area contributed by atoms with Crippen molar-refractivity contribution in [1.82, 2.24) is 10.3 Å². The first-order valence-electron chi connectivity index (χ1n) is 7.67. The summed E-state index contributed by atoms with van der Waals surface area (Å²) in [7, 11) is 1.57. The molecule has 2 atom stereocenters. The van der Waals surface area contributed by atoms with Crippen molar-refractivity contribution in [3.63, 3.8) is 0 Å². The van der Waals surface area contributed by atoms with Crippen LogP contribution in [0.25, 0.3) is 10.9 Å². The number of methoxy groups -OCH3 is 1. The molecule has 0 saturated carbocycles. The van der Waals surface area contributed by atoms with Gasteiger partial charge in [0.2, 0.25) is 0 Å². The van der Waals surface area contributed by atoms with E-state index in [0.717, 1.165) is 10.9 Å². The fourth-order valence-corrected chi connectivity index (χ4v) is 2.86. The van der Waals surface area contributed by atoms with Crippen LogP contribution in [0.2, 0.25) is 0 Å². The van der Waals surface area contributed by atoms with E-state index in [2.05, 4.69) is 10.3 Å². The zero-order valence-corrected chi connectivity index (χ0v) is 13.2. The average Bonchev–Trinajstić information content (AvgIpc) is 2.87. The molecule has 5 nitrogen and oxygen atoms in total. The van der Waals surface area contributed by atoms with Gasteiger partial charge in [-0.05, 0) is 24.3 Å². The quantitative estimate of drug-likeness (QED) is 0.881. The first-order valence-corrected chi connectivity index (χ1v) is 7.67. The average molecular weight is 336 g/mol. The fourth-order valence-electron chi connectivity index (χ4n) is 2.86. The van der Waals surface area contributed by atoms with E-state index in [0.29, 0.717) is 11.5 Å². The minimum Gasteiger partial charge on any atom is -0.497 e. The molecule has 1 aromatic heterocycles.